The van der Waals surface area contributed by atoms with E-state index in [0.717, 1.165) is 50.4 Å². The number of rotatable bonds is 5. The molecular weight excluding hydrogens is 330 g/mol. The zero-order chi connectivity index (χ0) is 17.9. The lowest BCUT2D eigenvalue weighted by atomic mass is 9.91. The quantitative estimate of drug-likeness (QED) is 0.633. The van der Waals surface area contributed by atoms with Crippen LogP contribution >= 0.6 is 0 Å². The van der Waals surface area contributed by atoms with Gasteiger partial charge in [-0.25, -0.2) is 5.48 Å². The van der Waals surface area contributed by atoms with Crippen LogP contribution in [0.15, 0.2) is 42.6 Å². The average molecular weight is 353 g/mol. The van der Waals surface area contributed by atoms with E-state index in [-0.39, 0.29) is 0 Å². The van der Waals surface area contributed by atoms with Gasteiger partial charge in [-0.05, 0) is 23.6 Å². The van der Waals surface area contributed by atoms with Crippen LogP contribution in [0.2, 0.25) is 0 Å². The van der Waals surface area contributed by atoms with Crippen molar-refractivity contribution in [3.05, 3.63) is 65.0 Å². The minimum absolute atomic E-state index is 0.385. The Labute approximate surface area is 152 Å². The smallest absolute Gasteiger partial charge is 0.276 e. The highest BCUT2D eigenvalue weighted by molar-refractivity contribution is 5.93. The lowest BCUT2D eigenvalue weighted by Gasteiger charge is -2.40. The van der Waals surface area contributed by atoms with Crippen molar-refractivity contribution >= 4 is 5.91 Å². The van der Waals surface area contributed by atoms with E-state index in [2.05, 4.69) is 34.1 Å². The van der Waals surface area contributed by atoms with Gasteiger partial charge in [-0.2, -0.15) is 0 Å². The normalized spacial score (nSPS) is 20.3. The summed E-state index contributed by atoms with van der Waals surface area (Å²) in [7, 11) is 0. The molecule has 0 aliphatic carbocycles. The van der Waals surface area contributed by atoms with Crippen LogP contribution in [0.5, 0.6) is 0 Å². The molecule has 3 heterocycles. The van der Waals surface area contributed by atoms with Gasteiger partial charge >= 0.3 is 0 Å². The number of nitrogens with one attached hydrogen (secondary N) is 1. The van der Waals surface area contributed by atoms with Gasteiger partial charge in [0.15, 0.2) is 0 Å². The number of ether oxygens (including phenoxy) is 1. The molecule has 1 aromatic carbocycles. The molecule has 1 aromatic heterocycles. The number of hydrogen-bond donors (Lipinski definition) is 2. The Morgan fingerprint density at radius 3 is 2.81 bits per heavy atom. The molecule has 26 heavy (non-hydrogen) atoms. The van der Waals surface area contributed by atoms with E-state index < -0.39 is 5.91 Å². The van der Waals surface area contributed by atoms with Crippen molar-refractivity contribution in [2.75, 3.05) is 19.8 Å². The van der Waals surface area contributed by atoms with Gasteiger partial charge in [-0.15, -0.1) is 0 Å². The number of hydroxylamine groups is 1. The summed E-state index contributed by atoms with van der Waals surface area (Å²) in [4.78, 5) is 18.7. The van der Waals surface area contributed by atoms with Gasteiger partial charge in [-0.1, -0.05) is 30.3 Å². The maximum Gasteiger partial charge on any atom is 0.276 e. The second-order valence-electron chi connectivity index (χ2n) is 7.15. The Morgan fingerprint density at radius 2 is 2.12 bits per heavy atom. The fourth-order valence-electron chi connectivity index (χ4n) is 3.77. The number of fused-ring (bicyclic) bond motifs is 1. The molecule has 4 rings (SSSR count). The molecule has 0 saturated carbocycles. The van der Waals surface area contributed by atoms with Gasteiger partial charge in [0.1, 0.15) is 0 Å². The number of hydrogen-bond acceptors (Lipinski definition) is 5. The van der Waals surface area contributed by atoms with Crippen LogP contribution in [0.25, 0.3) is 0 Å². The third-order valence-corrected chi connectivity index (χ3v) is 5.26. The van der Waals surface area contributed by atoms with E-state index in [1.165, 1.54) is 5.56 Å². The lowest BCUT2D eigenvalue weighted by Crippen LogP contribution is -2.48. The minimum atomic E-state index is -0.523. The van der Waals surface area contributed by atoms with Gasteiger partial charge in [0.05, 0.1) is 18.8 Å². The highest BCUT2D eigenvalue weighted by Gasteiger charge is 2.31. The van der Waals surface area contributed by atoms with Crippen molar-refractivity contribution in [1.29, 1.82) is 0 Å². The highest BCUT2D eigenvalue weighted by atomic mass is 16.5. The third kappa shape index (κ3) is 3.62. The van der Waals surface area contributed by atoms with E-state index in [1.54, 1.807) is 11.7 Å². The van der Waals surface area contributed by atoms with E-state index in [4.69, 9.17) is 9.94 Å². The van der Waals surface area contributed by atoms with Crippen LogP contribution in [-0.2, 0) is 24.1 Å². The molecule has 0 spiro atoms. The Kier molecular flexibility index (Phi) is 4.97. The minimum Gasteiger partial charge on any atom is -0.381 e. The number of aromatic nitrogens is 1. The topological polar surface area (TPSA) is 74.7 Å². The summed E-state index contributed by atoms with van der Waals surface area (Å²) in [5.74, 6) is 0.0531. The number of benzene rings is 1. The van der Waals surface area contributed by atoms with Gasteiger partial charge in [0, 0.05) is 43.4 Å². The monoisotopic (exact) mass is 353 g/mol. The van der Waals surface area contributed by atoms with Crippen LogP contribution in [0.1, 0.15) is 27.2 Å². The van der Waals surface area contributed by atoms with E-state index in [9.17, 15) is 4.79 Å². The predicted molar refractivity (Wildman–Crippen MR) is 95.8 cm³/mol. The molecule has 1 fully saturated rings. The van der Waals surface area contributed by atoms with Crippen LogP contribution in [0.4, 0.5) is 0 Å². The highest BCUT2D eigenvalue weighted by Crippen LogP contribution is 2.27. The van der Waals surface area contributed by atoms with Crippen molar-refractivity contribution < 1.29 is 14.7 Å². The summed E-state index contributed by atoms with van der Waals surface area (Å²) in [6.07, 6.45) is 3.38. The molecule has 2 aromatic rings. The Hall–Kier alpha value is -2.28. The van der Waals surface area contributed by atoms with Crippen molar-refractivity contribution in [2.24, 2.45) is 5.92 Å². The maximum absolute atomic E-state index is 11.7. The number of carbonyl (C=O) groups is 1. The number of pyridine rings is 1. The van der Waals surface area contributed by atoms with Crippen LogP contribution in [0.3, 0.4) is 0 Å². The first-order chi connectivity index (χ1) is 12.7. The average Bonchev–Trinajstić information content (AvgIpc) is 2.64. The van der Waals surface area contributed by atoms with E-state index >= 15 is 0 Å². The molecule has 1 unspecified atom stereocenters. The fraction of sp³-hybridized carbons (Fsp3) is 0.400. The SMILES string of the molecule is O=C(NO)c1cnc2c(c1)CN(CC1COC1)C(Cc1ccccc1)C2. The first-order valence-corrected chi connectivity index (χ1v) is 9.01. The van der Waals surface area contributed by atoms with Gasteiger partial charge in [-0.3, -0.25) is 19.9 Å². The van der Waals surface area contributed by atoms with Crippen molar-refractivity contribution in [2.45, 2.75) is 25.4 Å². The molecule has 6 nitrogen and oxygen atoms in total. The molecule has 6 heteroatoms. The van der Waals surface area contributed by atoms with E-state index in [1.807, 2.05) is 12.1 Å². The summed E-state index contributed by atoms with van der Waals surface area (Å²) < 4.78 is 5.34. The summed E-state index contributed by atoms with van der Waals surface area (Å²) in [6.45, 7) is 3.41. The molecule has 1 saturated heterocycles. The lowest BCUT2D eigenvalue weighted by molar-refractivity contribution is -0.0542. The fourth-order valence-corrected chi connectivity index (χ4v) is 3.77. The molecule has 0 bridgehead atoms. The van der Waals surface area contributed by atoms with Gasteiger partial charge < -0.3 is 4.74 Å². The van der Waals surface area contributed by atoms with Crippen molar-refractivity contribution in [3.63, 3.8) is 0 Å². The van der Waals surface area contributed by atoms with Crippen LogP contribution in [-0.4, -0.2) is 46.8 Å². The molecule has 136 valence electrons. The Bertz CT molecular complexity index is 777. The van der Waals surface area contributed by atoms with Crippen molar-refractivity contribution in [3.8, 4) is 0 Å². The molecule has 2 aliphatic rings. The summed E-state index contributed by atoms with van der Waals surface area (Å²) >= 11 is 0. The van der Waals surface area contributed by atoms with Gasteiger partial charge in [0.25, 0.3) is 5.91 Å². The largest absolute Gasteiger partial charge is 0.381 e. The Balaban J connectivity index is 1.57. The molecule has 2 aliphatic heterocycles. The maximum atomic E-state index is 11.7. The molecule has 1 atom stereocenters. The number of carbonyl (C=O) groups excluding carboxylic acids is 1. The molecule has 1 amide bonds. The summed E-state index contributed by atoms with van der Waals surface area (Å²) in [5, 5.41) is 8.86. The number of amides is 1. The first-order valence-electron chi connectivity index (χ1n) is 9.01. The third-order valence-electron chi connectivity index (χ3n) is 5.26. The van der Waals surface area contributed by atoms with Gasteiger partial charge in [0.2, 0.25) is 0 Å². The summed E-state index contributed by atoms with van der Waals surface area (Å²) in [5.41, 5.74) is 5.51. The molecule has 2 N–H and O–H groups in total. The zero-order valence-electron chi connectivity index (χ0n) is 14.6. The Morgan fingerprint density at radius 1 is 1.31 bits per heavy atom. The standard InChI is InChI=1S/C20H23N3O3/c24-20(22-25)16-7-17-11-23(10-15-12-26-13-15)18(8-19(17)21-9-16)6-14-4-2-1-3-5-14/h1-5,7,9,15,18,25H,6,8,10-13H2,(H,22,24). The second-order valence-corrected chi connectivity index (χ2v) is 7.15. The zero-order valence-corrected chi connectivity index (χ0v) is 14.6. The molecular formula is C20H23N3O3. The first kappa shape index (κ1) is 17.1. The van der Waals surface area contributed by atoms with E-state index in [0.29, 0.717) is 17.5 Å². The van der Waals surface area contributed by atoms with Crippen molar-refractivity contribution in [1.82, 2.24) is 15.4 Å². The van der Waals surface area contributed by atoms with Crippen LogP contribution < -0.4 is 5.48 Å². The summed E-state index contributed by atoms with van der Waals surface area (Å²) in [6, 6.07) is 12.8. The van der Waals surface area contributed by atoms with Crippen LogP contribution in [0, 0.1) is 5.92 Å². The predicted octanol–water partition coefficient (Wildman–Crippen LogP) is 1.82. The molecule has 0 radical (unpaired) electrons. The second kappa shape index (κ2) is 7.53. The number of nitrogens with zero attached hydrogens (tertiary/aromatic N) is 2.